The molecule has 0 fully saturated rings. The van der Waals surface area contributed by atoms with Gasteiger partial charge in [-0.05, 0) is 36.1 Å². The van der Waals surface area contributed by atoms with Gasteiger partial charge in [0, 0.05) is 4.90 Å². The molecule has 92 valence electrons. The SMILES string of the molecule is CSc1ccc(/C=N\Nc2ccccc2Cl)cc1. The fraction of sp³-hybridized carbons (Fsp3) is 0.0714. The molecule has 2 rings (SSSR count). The molecule has 0 aliphatic heterocycles. The van der Waals surface area contributed by atoms with Crippen LogP contribution in [0.2, 0.25) is 5.02 Å². The molecular weight excluding hydrogens is 264 g/mol. The number of thioether (sulfide) groups is 1. The van der Waals surface area contributed by atoms with Gasteiger partial charge in [0.15, 0.2) is 0 Å². The summed E-state index contributed by atoms with van der Waals surface area (Å²) in [5.41, 5.74) is 4.77. The maximum atomic E-state index is 6.01. The van der Waals surface area contributed by atoms with Crippen LogP contribution in [0.1, 0.15) is 5.56 Å². The molecule has 0 amide bonds. The molecule has 0 aliphatic rings. The Labute approximate surface area is 116 Å². The number of halogens is 1. The van der Waals surface area contributed by atoms with Crippen LogP contribution >= 0.6 is 23.4 Å². The first kappa shape index (κ1) is 13.0. The van der Waals surface area contributed by atoms with Crippen LogP contribution in [0, 0.1) is 0 Å². The molecule has 0 aliphatic carbocycles. The zero-order chi connectivity index (χ0) is 12.8. The fourth-order valence-corrected chi connectivity index (χ4v) is 2.00. The van der Waals surface area contributed by atoms with Crippen molar-refractivity contribution in [2.45, 2.75) is 4.90 Å². The highest BCUT2D eigenvalue weighted by Crippen LogP contribution is 2.20. The Morgan fingerprint density at radius 1 is 1.11 bits per heavy atom. The van der Waals surface area contributed by atoms with Gasteiger partial charge in [-0.1, -0.05) is 35.9 Å². The highest BCUT2D eigenvalue weighted by Gasteiger charge is 1.95. The van der Waals surface area contributed by atoms with Gasteiger partial charge in [0.25, 0.3) is 0 Å². The normalized spacial score (nSPS) is 10.8. The van der Waals surface area contributed by atoms with Gasteiger partial charge >= 0.3 is 0 Å². The average Bonchev–Trinajstić information content (AvgIpc) is 2.42. The number of hydrogen-bond donors (Lipinski definition) is 1. The second-order valence-electron chi connectivity index (χ2n) is 3.62. The van der Waals surface area contributed by atoms with Crippen molar-refractivity contribution < 1.29 is 0 Å². The number of benzene rings is 2. The van der Waals surface area contributed by atoms with E-state index in [1.807, 2.05) is 36.4 Å². The lowest BCUT2D eigenvalue weighted by molar-refractivity contribution is 1.35. The molecule has 0 spiro atoms. The third-order valence-corrected chi connectivity index (χ3v) is 3.46. The van der Waals surface area contributed by atoms with Crippen LogP contribution < -0.4 is 5.43 Å². The smallest absolute Gasteiger partial charge is 0.0748 e. The van der Waals surface area contributed by atoms with E-state index in [9.17, 15) is 0 Å². The molecule has 0 atom stereocenters. The van der Waals surface area contributed by atoms with E-state index in [0.717, 1.165) is 11.3 Å². The van der Waals surface area contributed by atoms with Gasteiger partial charge in [-0.15, -0.1) is 11.8 Å². The molecule has 0 radical (unpaired) electrons. The standard InChI is InChI=1S/C14H13ClN2S/c1-18-12-8-6-11(7-9-12)10-16-17-14-5-3-2-4-13(14)15/h2-10,17H,1H3/b16-10-. The van der Waals surface area contributed by atoms with Gasteiger partial charge in [0.1, 0.15) is 0 Å². The van der Waals surface area contributed by atoms with Crippen LogP contribution in [-0.2, 0) is 0 Å². The Morgan fingerprint density at radius 2 is 1.83 bits per heavy atom. The Kier molecular flexibility index (Phi) is 4.67. The zero-order valence-corrected chi connectivity index (χ0v) is 11.5. The van der Waals surface area contributed by atoms with Gasteiger partial charge in [-0.25, -0.2) is 0 Å². The van der Waals surface area contributed by atoms with Crippen molar-refractivity contribution in [3.63, 3.8) is 0 Å². The molecule has 18 heavy (non-hydrogen) atoms. The lowest BCUT2D eigenvalue weighted by Crippen LogP contribution is -1.91. The minimum Gasteiger partial charge on any atom is -0.277 e. The predicted molar refractivity (Wildman–Crippen MR) is 80.9 cm³/mol. The number of nitrogens with zero attached hydrogens (tertiary/aromatic N) is 1. The summed E-state index contributed by atoms with van der Waals surface area (Å²) in [6.07, 6.45) is 3.83. The Morgan fingerprint density at radius 3 is 2.50 bits per heavy atom. The van der Waals surface area contributed by atoms with Crippen molar-refractivity contribution in [1.82, 2.24) is 0 Å². The first-order valence-corrected chi connectivity index (χ1v) is 7.07. The highest BCUT2D eigenvalue weighted by atomic mass is 35.5. The second-order valence-corrected chi connectivity index (χ2v) is 4.91. The molecule has 0 saturated carbocycles. The number of hydrazone groups is 1. The third-order valence-electron chi connectivity index (χ3n) is 2.39. The molecule has 1 N–H and O–H groups in total. The average molecular weight is 277 g/mol. The van der Waals surface area contributed by atoms with E-state index in [1.165, 1.54) is 4.90 Å². The van der Waals surface area contributed by atoms with Gasteiger partial charge < -0.3 is 0 Å². The maximum absolute atomic E-state index is 6.01. The monoisotopic (exact) mass is 276 g/mol. The largest absolute Gasteiger partial charge is 0.277 e. The van der Waals surface area contributed by atoms with Crippen molar-refractivity contribution in [2.24, 2.45) is 5.10 Å². The second kappa shape index (κ2) is 6.47. The predicted octanol–water partition coefficient (Wildman–Crippen LogP) is 4.51. The molecule has 0 heterocycles. The molecule has 0 saturated heterocycles. The molecule has 4 heteroatoms. The van der Waals surface area contributed by atoms with Crippen LogP contribution in [0.3, 0.4) is 0 Å². The summed E-state index contributed by atoms with van der Waals surface area (Å²) in [5.74, 6) is 0. The summed E-state index contributed by atoms with van der Waals surface area (Å²) in [6.45, 7) is 0. The topological polar surface area (TPSA) is 24.4 Å². The fourth-order valence-electron chi connectivity index (χ4n) is 1.42. The van der Waals surface area contributed by atoms with E-state index < -0.39 is 0 Å². The van der Waals surface area contributed by atoms with E-state index in [0.29, 0.717) is 5.02 Å². The molecular formula is C14H13ClN2S. The molecule has 0 bridgehead atoms. The Balaban J connectivity index is 2.01. The summed E-state index contributed by atoms with van der Waals surface area (Å²) < 4.78 is 0. The molecule has 2 aromatic carbocycles. The van der Waals surface area contributed by atoms with Crippen molar-refractivity contribution in [2.75, 3.05) is 11.7 Å². The summed E-state index contributed by atoms with van der Waals surface area (Å²) in [4.78, 5) is 1.24. The first-order chi connectivity index (χ1) is 8.79. The molecule has 2 aromatic rings. The zero-order valence-electron chi connectivity index (χ0n) is 9.93. The van der Waals surface area contributed by atoms with E-state index in [1.54, 1.807) is 18.0 Å². The van der Waals surface area contributed by atoms with Gasteiger partial charge in [-0.2, -0.15) is 5.10 Å². The first-order valence-electron chi connectivity index (χ1n) is 5.47. The minimum atomic E-state index is 0.660. The van der Waals surface area contributed by atoms with Crippen molar-refractivity contribution >= 4 is 35.3 Å². The lowest BCUT2D eigenvalue weighted by Gasteiger charge is -2.02. The van der Waals surface area contributed by atoms with Crippen molar-refractivity contribution in [3.8, 4) is 0 Å². The van der Waals surface area contributed by atoms with E-state index >= 15 is 0 Å². The summed E-state index contributed by atoms with van der Waals surface area (Å²) in [7, 11) is 0. The summed E-state index contributed by atoms with van der Waals surface area (Å²) in [6, 6.07) is 15.7. The lowest BCUT2D eigenvalue weighted by atomic mass is 10.2. The number of anilines is 1. The quantitative estimate of drug-likeness (QED) is 0.505. The Hall–Kier alpha value is -1.45. The van der Waals surface area contributed by atoms with Crippen LogP contribution in [0.4, 0.5) is 5.69 Å². The maximum Gasteiger partial charge on any atom is 0.0748 e. The van der Waals surface area contributed by atoms with Crippen LogP contribution in [0.25, 0.3) is 0 Å². The van der Waals surface area contributed by atoms with Crippen LogP contribution in [-0.4, -0.2) is 12.5 Å². The molecule has 2 nitrogen and oxygen atoms in total. The van der Waals surface area contributed by atoms with Crippen molar-refractivity contribution in [1.29, 1.82) is 0 Å². The molecule has 0 aromatic heterocycles. The summed E-state index contributed by atoms with van der Waals surface area (Å²) in [5, 5.41) is 4.82. The third kappa shape index (κ3) is 3.52. The van der Waals surface area contributed by atoms with E-state index in [-0.39, 0.29) is 0 Å². The number of hydrogen-bond acceptors (Lipinski definition) is 3. The van der Waals surface area contributed by atoms with Gasteiger partial charge in [0.05, 0.1) is 16.9 Å². The van der Waals surface area contributed by atoms with Gasteiger partial charge in [-0.3, -0.25) is 5.43 Å². The Bertz CT molecular complexity index is 538. The van der Waals surface area contributed by atoms with Gasteiger partial charge in [0.2, 0.25) is 0 Å². The molecule has 0 unspecified atom stereocenters. The summed E-state index contributed by atoms with van der Waals surface area (Å²) >= 11 is 7.73. The van der Waals surface area contributed by atoms with Crippen molar-refractivity contribution in [3.05, 3.63) is 59.1 Å². The van der Waals surface area contributed by atoms with Crippen LogP contribution in [0.5, 0.6) is 0 Å². The highest BCUT2D eigenvalue weighted by molar-refractivity contribution is 7.98. The number of para-hydroxylation sites is 1. The van der Waals surface area contributed by atoms with Crippen LogP contribution in [0.15, 0.2) is 58.5 Å². The van der Waals surface area contributed by atoms with E-state index in [4.69, 9.17) is 11.6 Å². The van der Waals surface area contributed by atoms with E-state index in [2.05, 4.69) is 28.9 Å². The number of nitrogens with one attached hydrogen (secondary N) is 1. The minimum absolute atomic E-state index is 0.660. The number of rotatable bonds is 4.